The second-order valence-corrected chi connectivity index (χ2v) is 6.59. The zero-order chi connectivity index (χ0) is 18.7. The highest BCUT2D eigenvalue weighted by Crippen LogP contribution is 2.20. The Morgan fingerprint density at radius 1 is 1.08 bits per heavy atom. The van der Waals surface area contributed by atoms with Crippen molar-refractivity contribution in [3.63, 3.8) is 0 Å². The van der Waals surface area contributed by atoms with Gasteiger partial charge in [-0.2, -0.15) is 0 Å². The third kappa shape index (κ3) is 3.91. The van der Waals surface area contributed by atoms with E-state index in [0.29, 0.717) is 22.9 Å². The summed E-state index contributed by atoms with van der Waals surface area (Å²) in [6.45, 7) is 4.19. The average Bonchev–Trinajstić information content (AvgIpc) is 2.72. The molecule has 1 heterocycles. The monoisotopic (exact) mass is 351 g/mol. The van der Waals surface area contributed by atoms with E-state index in [1.54, 1.807) is 24.3 Å². The van der Waals surface area contributed by atoms with Crippen LogP contribution >= 0.6 is 0 Å². The van der Waals surface area contributed by atoms with Gasteiger partial charge in [0.15, 0.2) is 0 Å². The van der Waals surface area contributed by atoms with Crippen molar-refractivity contribution in [2.24, 2.45) is 0 Å². The molecule has 0 aliphatic carbocycles. The number of anilines is 2. The van der Waals surface area contributed by atoms with Gasteiger partial charge in [-0.15, -0.1) is 0 Å². The van der Waals surface area contributed by atoms with Crippen molar-refractivity contribution >= 4 is 29.1 Å². The van der Waals surface area contributed by atoms with E-state index in [4.69, 9.17) is 0 Å². The number of hydrogen-bond acceptors (Lipinski definition) is 3. The fraction of sp³-hybridized carbons (Fsp3) is 0.250. The highest BCUT2D eigenvalue weighted by Gasteiger charge is 2.29. The predicted octanol–water partition coefficient (Wildman–Crippen LogP) is 2.89. The van der Waals surface area contributed by atoms with Gasteiger partial charge in [0.25, 0.3) is 5.91 Å². The smallest absolute Gasteiger partial charge is 0.254 e. The summed E-state index contributed by atoms with van der Waals surface area (Å²) in [7, 11) is 0. The SMILES string of the molecule is CC(C)c1ccc(NC(=O)C[C@H]2NC(=O)c3ccccc3NC2=O)cc1. The number of benzene rings is 2. The lowest BCUT2D eigenvalue weighted by Crippen LogP contribution is -2.43. The molecule has 2 aromatic carbocycles. The van der Waals surface area contributed by atoms with Crippen molar-refractivity contribution in [2.75, 3.05) is 10.6 Å². The molecule has 0 aromatic heterocycles. The Morgan fingerprint density at radius 2 is 1.77 bits per heavy atom. The molecule has 0 bridgehead atoms. The first-order valence-corrected chi connectivity index (χ1v) is 8.54. The van der Waals surface area contributed by atoms with Crippen LogP contribution in [0.25, 0.3) is 0 Å². The maximum Gasteiger partial charge on any atom is 0.254 e. The van der Waals surface area contributed by atoms with E-state index in [0.717, 1.165) is 0 Å². The minimum Gasteiger partial charge on any atom is -0.340 e. The van der Waals surface area contributed by atoms with Crippen LogP contribution in [0.3, 0.4) is 0 Å². The Hall–Kier alpha value is -3.15. The molecule has 0 unspecified atom stereocenters. The molecular weight excluding hydrogens is 330 g/mol. The molecule has 0 fully saturated rings. The van der Waals surface area contributed by atoms with Crippen LogP contribution < -0.4 is 16.0 Å². The van der Waals surface area contributed by atoms with Gasteiger partial charge in [-0.1, -0.05) is 38.1 Å². The number of nitrogens with one attached hydrogen (secondary N) is 3. The van der Waals surface area contributed by atoms with E-state index in [1.165, 1.54) is 5.56 Å². The third-order valence-electron chi connectivity index (χ3n) is 4.30. The summed E-state index contributed by atoms with van der Waals surface area (Å²) in [6.07, 6.45) is -0.141. The number of rotatable bonds is 4. The molecule has 1 aliphatic rings. The number of hydrogen-bond donors (Lipinski definition) is 3. The fourth-order valence-electron chi connectivity index (χ4n) is 2.80. The normalized spacial score (nSPS) is 16.3. The van der Waals surface area contributed by atoms with E-state index >= 15 is 0 Å². The molecule has 3 amide bonds. The lowest BCUT2D eigenvalue weighted by atomic mass is 10.0. The number of fused-ring (bicyclic) bond motifs is 1. The lowest BCUT2D eigenvalue weighted by molar-refractivity contribution is -0.122. The van der Waals surface area contributed by atoms with E-state index in [1.807, 2.05) is 24.3 Å². The van der Waals surface area contributed by atoms with Crippen LogP contribution in [0.1, 0.15) is 42.1 Å². The largest absolute Gasteiger partial charge is 0.340 e. The second kappa shape index (κ2) is 7.39. The minimum atomic E-state index is -0.926. The van der Waals surface area contributed by atoms with Crippen LogP contribution in [-0.2, 0) is 9.59 Å². The van der Waals surface area contributed by atoms with Crippen LogP contribution in [0, 0.1) is 0 Å². The van der Waals surface area contributed by atoms with Gasteiger partial charge in [-0.05, 0) is 35.7 Å². The summed E-state index contributed by atoms with van der Waals surface area (Å²) in [5.74, 6) is -0.716. The van der Waals surface area contributed by atoms with E-state index in [9.17, 15) is 14.4 Å². The Bertz CT molecular complexity index is 844. The van der Waals surface area contributed by atoms with E-state index in [2.05, 4.69) is 29.8 Å². The molecule has 3 rings (SSSR count). The molecule has 0 saturated carbocycles. The van der Waals surface area contributed by atoms with Gasteiger partial charge in [0, 0.05) is 5.69 Å². The molecule has 0 saturated heterocycles. The zero-order valence-corrected chi connectivity index (χ0v) is 14.7. The molecule has 1 aliphatic heterocycles. The standard InChI is InChI=1S/C20H21N3O3/c1-12(2)13-7-9-14(10-8-13)21-18(24)11-17-20(26)22-16-6-4-3-5-15(16)19(25)23-17/h3-10,12,17H,11H2,1-2H3,(H,21,24)(H,22,26)(H,23,25)/t17-/m1/s1. The summed E-state index contributed by atoms with van der Waals surface area (Å²) in [6, 6.07) is 13.4. The number of carbonyl (C=O) groups is 3. The van der Waals surface area contributed by atoms with Crippen molar-refractivity contribution < 1.29 is 14.4 Å². The summed E-state index contributed by atoms with van der Waals surface area (Å²) in [5.41, 5.74) is 2.66. The Labute approximate surface area is 152 Å². The van der Waals surface area contributed by atoms with Gasteiger partial charge in [-0.3, -0.25) is 14.4 Å². The highest BCUT2D eigenvalue weighted by molar-refractivity contribution is 6.11. The maximum absolute atomic E-state index is 12.3. The molecular formula is C20H21N3O3. The molecule has 6 nitrogen and oxygen atoms in total. The zero-order valence-electron chi connectivity index (χ0n) is 14.7. The van der Waals surface area contributed by atoms with Crippen LogP contribution in [0.4, 0.5) is 11.4 Å². The first kappa shape index (κ1) is 17.7. The quantitative estimate of drug-likeness (QED) is 0.791. The highest BCUT2D eigenvalue weighted by atomic mass is 16.2. The van der Waals surface area contributed by atoms with Crippen molar-refractivity contribution in [3.05, 3.63) is 59.7 Å². The molecule has 6 heteroatoms. The van der Waals surface area contributed by atoms with Gasteiger partial charge >= 0.3 is 0 Å². The van der Waals surface area contributed by atoms with Gasteiger partial charge < -0.3 is 16.0 Å². The maximum atomic E-state index is 12.3. The van der Waals surface area contributed by atoms with Crippen LogP contribution in [0.15, 0.2) is 48.5 Å². The first-order chi connectivity index (χ1) is 12.4. The average molecular weight is 351 g/mol. The minimum absolute atomic E-state index is 0.141. The Kier molecular flexibility index (Phi) is 5.02. The van der Waals surface area contributed by atoms with E-state index in [-0.39, 0.29) is 18.2 Å². The molecule has 0 radical (unpaired) electrons. The second-order valence-electron chi connectivity index (χ2n) is 6.59. The van der Waals surface area contributed by atoms with Crippen LogP contribution in [-0.4, -0.2) is 23.8 Å². The lowest BCUT2D eigenvalue weighted by Gasteiger charge is -2.14. The van der Waals surface area contributed by atoms with Gasteiger partial charge in [0.2, 0.25) is 11.8 Å². The summed E-state index contributed by atoms with van der Waals surface area (Å²) in [4.78, 5) is 36.9. The van der Waals surface area contributed by atoms with Gasteiger partial charge in [-0.25, -0.2) is 0 Å². The van der Waals surface area contributed by atoms with Gasteiger partial charge in [0.1, 0.15) is 6.04 Å². The van der Waals surface area contributed by atoms with Crippen LogP contribution in [0.5, 0.6) is 0 Å². The van der Waals surface area contributed by atoms with Crippen molar-refractivity contribution in [1.29, 1.82) is 0 Å². The molecule has 1 atom stereocenters. The number of amides is 3. The third-order valence-corrected chi connectivity index (χ3v) is 4.30. The molecule has 26 heavy (non-hydrogen) atoms. The summed E-state index contributed by atoms with van der Waals surface area (Å²) < 4.78 is 0. The summed E-state index contributed by atoms with van der Waals surface area (Å²) >= 11 is 0. The molecule has 0 spiro atoms. The number of para-hydroxylation sites is 1. The van der Waals surface area contributed by atoms with Crippen molar-refractivity contribution in [2.45, 2.75) is 32.2 Å². The fourth-order valence-corrected chi connectivity index (χ4v) is 2.80. The molecule has 2 aromatic rings. The Balaban J connectivity index is 1.66. The van der Waals surface area contributed by atoms with Gasteiger partial charge in [0.05, 0.1) is 17.7 Å². The summed E-state index contributed by atoms with van der Waals surface area (Å²) in [5, 5.41) is 8.07. The van der Waals surface area contributed by atoms with Crippen molar-refractivity contribution in [3.8, 4) is 0 Å². The number of carbonyl (C=O) groups excluding carboxylic acids is 3. The first-order valence-electron chi connectivity index (χ1n) is 8.54. The predicted molar refractivity (Wildman–Crippen MR) is 100 cm³/mol. The molecule has 3 N–H and O–H groups in total. The topological polar surface area (TPSA) is 87.3 Å². The van der Waals surface area contributed by atoms with E-state index < -0.39 is 11.9 Å². The van der Waals surface area contributed by atoms with Crippen LogP contribution in [0.2, 0.25) is 0 Å². The Morgan fingerprint density at radius 3 is 2.46 bits per heavy atom. The molecule has 134 valence electrons. The van der Waals surface area contributed by atoms with Crippen molar-refractivity contribution in [1.82, 2.24) is 5.32 Å².